The average molecular weight is 319 g/mol. The van der Waals surface area contributed by atoms with E-state index in [-0.39, 0.29) is 0 Å². The number of hydrogen-bond acceptors (Lipinski definition) is 6. The maximum absolute atomic E-state index is 4.69. The molecule has 5 nitrogen and oxygen atoms in total. The quantitative estimate of drug-likeness (QED) is 0.559. The highest BCUT2D eigenvalue weighted by Gasteiger charge is 2.15. The summed E-state index contributed by atoms with van der Waals surface area (Å²) in [5.74, 6) is 0. The first-order valence-corrected chi connectivity index (χ1v) is 8.59. The van der Waals surface area contributed by atoms with Gasteiger partial charge in [0.15, 0.2) is 10.1 Å². The highest BCUT2D eigenvalue weighted by atomic mass is 32.2. The van der Waals surface area contributed by atoms with Crippen molar-refractivity contribution in [2.24, 2.45) is 0 Å². The van der Waals surface area contributed by atoms with Crippen LogP contribution in [0.1, 0.15) is 24.6 Å². The van der Waals surface area contributed by atoms with Crippen LogP contribution in [0, 0.1) is 6.92 Å². The van der Waals surface area contributed by atoms with Crippen LogP contribution in [0.5, 0.6) is 0 Å². The average Bonchev–Trinajstić information content (AvgIpc) is 3.04. The van der Waals surface area contributed by atoms with Crippen molar-refractivity contribution in [3.8, 4) is 0 Å². The number of nitrogens with zero attached hydrogens (tertiary/aromatic N) is 4. The van der Waals surface area contributed by atoms with Crippen LogP contribution < -0.4 is 5.32 Å². The van der Waals surface area contributed by atoms with E-state index in [0.717, 1.165) is 40.2 Å². The van der Waals surface area contributed by atoms with Crippen LogP contribution >= 0.6 is 23.1 Å². The Balaban J connectivity index is 1.87. The van der Waals surface area contributed by atoms with Crippen LogP contribution in [0.3, 0.4) is 0 Å². The Morgan fingerprint density at radius 3 is 2.90 bits per heavy atom. The number of hydrogen-bond donors (Lipinski definition) is 1. The van der Waals surface area contributed by atoms with E-state index in [1.807, 2.05) is 19.3 Å². The molecule has 3 rings (SSSR count). The summed E-state index contributed by atoms with van der Waals surface area (Å²) in [5, 5.41) is 7.22. The number of aryl methyl sites for hydroxylation is 1. The minimum atomic E-state index is 0.739. The van der Waals surface area contributed by atoms with Crippen molar-refractivity contribution < 1.29 is 0 Å². The SMILES string of the molecule is CCCNCc1c(Sc2ncc(C)cn2)nc2sccn12. The van der Waals surface area contributed by atoms with Gasteiger partial charge in [0.1, 0.15) is 5.03 Å². The third-order valence-electron chi connectivity index (χ3n) is 2.99. The zero-order valence-corrected chi connectivity index (χ0v) is 13.7. The lowest BCUT2D eigenvalue weighted by molar-refractivity contribution is 0.653. The Bertz CT molecular complexity index is 717. The third-order valence-corrected chi connectivity index (χ3v) is 4.66. The van der Waals surface area contributed by atoms with Gasteiger partial charge in [0.2, 0.25) is 0 Å². The summed E-state index contributed by atoms with van der Waals surface area (Å²) in [6.07, 6.45) is 6.86. The topological polar surface area (TPSA) is 55.1 Å². The molecule has 0 fully saturated rings. The molecule has 0 radical (unpaired) electrons. The lowest BCUT2D eigenvalue weighted by atomic mass is 10.4. The number of rotatable bonds is 6. The van der Waals surface area contributed by atoms with Crippen molar-refractivity contribution in [2.45, 2.75) is 37.0 Å². The molecule has 0 aliphatic rings. The van der Waals surface area contributed by atoms with E-state index in [0.29, 0.717) is 0 Å². The molecule has 1 N–H and O–H groups in total. The highest BCUT2D eigenvalue weighted by molar-refractivity contribution is 7.99. The Hall–Kier alpha value is -1.44. The summed E-state index contributed by atoms with van der Waals surface area (Å²) in [7, 11) is 0. The fraction of sp³-hybridized carbons (Fsp3) is 0.357. The molecule has 0 aromatic carbocycles. The molecule has 0 saturated heterocycles. The second-order valence-electron chi connectivity index (χ2n) is 4.74. The fourth-order valence-electron chi connectivity index (χ4n) is 1.96. The molecule has 0 aliphatic heterocycles. The number of imidazole rings is 1. The van der Waals surface area contributed by atoms with Crippen LogP contribution in [-0.4, -0.2) is 25.9 Å². The van der Waals surface area contributed by atoms with Gasteiger partial charge < -0.3 is 5.32 Å². The third kappa shape index (κ3) is 3.25. The molecule has 0 aliphatic carbocycles. The van der Waals surface area contributed by atoms with E-state index >= 15 is 0 Å². The van der Waals surface area contributed by atoms with Gasteiger partial charge in [0.25, 0.3) is 0 Å². The molecule has 3 heterocycles. The van der Waals surface area contributed by atoms with Crippen molar-refractivity contribution in [2.75, 3.05) is 6.54 Å². The second-order valence-corrected chi connectivity index (χ2v) is 6.57. The smallest absolute Gasteiger partial charge is 0.194 e. The number of aromatic nitrogens is 4. The zero-order chi connectivity index (χ0) is 14.7. The summed E-state index contributed by atoms with van der Waals surface area (Å²) >= 11 is 3.17. The van der Waals surface area contributed by atoms with E-state index in [1.165, 1.54) is 17.5 Å². The maximum atomic E-state index is 4.69. The minimum Gasteiger partial charge on any atom is -0.311 e. The summed E-state index contributed by atoms with van der Waals surface area (Å²) in [5.41, 5.74) is 2.24. The van der Waals surface area contributed by atoms with Gasteiger partial charge in [-0.25, -0.2) is 15.0 Å². The van der Waals surface area contributed by atoms with Gasteiger partial charge in [-0.3, -0.25) is 4.40 Å². The van der Waals surface area contributed by atoms with Gasteiger partial charge in [-0.2, -0.15) is 0 Å². The molecule has 0 unspecified atom stereocenters. The second kappa shape index (κ2) is 6.55. The lowest BCUT2D eigenvalue weighted by Crippen LogP contribution is -2.15. The van der Waals surface area contributed by atoms with Crippen LogP contribution in [0.15, 0.2) is 34.2 Å². The van der Waals surface area contributed by atoms with Gasteiger partial charge in [0, 0.05) is 30.5 Å². The fourth-order valence-corrected chi connectivity index (χ4v) is 3.55. The molecule has 3 aromatic rings. The molecule has 7 heteroatoms. The zero-order valence-electron chi connectivity index (χ0n) is 12.0. The molecule has 0 saturated carbocycles. The Morgan fingerprint density at radius 2 is 2.14 bits per heavy atom. The molecule has 3 aromatic heterocycles. The Labute approximate surface area is 131 Å². The molecule has 21 heavy (non-hydrogen) atoms. The molecular formula is C14H17N5S2. The summed E-state index contributed by atoms with van der Waals surface area (Å²) in [6.45, 7) is 5.96. The largest absolute Gasteiger partial charge is 0.311 e. The summed E-state index contributed by atoms with van der Waals surface area (Å²) in [6, 6.07) is 0. The first-order chi connectivity index (χ1) is 10.3. The van der Waals surface area contributed by atoms with E-state index in [2.05, 4.69) is 38.2 Å². The summed E-state index contributed by atoms with van der Waals surface area (Å²) in [4.78, 5) is 14.4. The monoisotopic (exact) mass is 319 g/mol. The van der Waals surface area contributed by atoms with E-state index in [4.69, 9.17) is 4.98 Å². The first-order valence-electron chi connectivity index (χ1n) is 6.89. The van der Waals surface area contributed by atoms with Crippen molar-refractivity contribution in [3.63, 3.8) is 0 Å². The van der Waals surface area contributed by atoms with Crippen LogP contribution in [-0.2, 0) is 6.54 Å². The van der Waals surface area contributed by atoms with Crippen molar-refractivity contribution >= 4 is 28.1 Å². The van der Waals surface area contributed by atoms with Crippen molar-refractivity contribution in [1.82, 2.24) is 24.7 Å². The van der Waals surface area contributed by atoms with E-state index < -0.39 is 0 Å². The van der Waals surface area contributed by atoms with Crippen molar-refractivity contribution in [3.05, 3.63) is 35.2 Å². The molecular weight excluding hydrogens is 302 g/mol. The molecule has 0 atom stereocenters. The maximum Gasteiger partial charge on any atom is 0.194 e. The Kier molecular flexibility index (Phi) is 4.52. The molecule has 0 amide bonds. The minimum absolute atomic E-state index is 0.739. The van der Waals surface area contributed by atoms with Crippen LogP contribution in [0.2, 0.25) is 0 Å². The normalized spacial score (nSPS) is 11.3. The van der Waals surface area contributed by atoms with Gasteiger partial charge in [-0.15, -0.1) is 11.3 Å². The van der Waals surface area contributed by atoms with Gasteiger partial charge in [-0.05, 0) is 37.2 Å². The molecule has 110 valence electrons. The van der Waals surface area contributed by atoms with Crippen LogP contribution in [0.4, 0.5) is 0 Å². The standard InChI is InChI=1S/C14H17N5S2/c1-3-4-15-9-11-12(18-14-19(11)5-6-20-14)21-13-16-7-10(2)8-17-13/h5-8,15H,3-4,9H2,1-2H3. The van der Waals surface area contributed by atoms with Crippen molar-refractivity contribution in [1.29, 1.82) is 0 Å². The number of fused-ring (bicyclic) bond motifs is 1. The predicted molar refractivity (Wildman–Crippen MR) is 86.0 cm³/mol. The first kappa shape index (κ1) is 14.5. The number of thiazole rings is 1. The van der Waals surface area contributed by atoms with Gasteiger partial charge >= 0.3 is 0 Å². The molecule has 0 bridgehead atoms. The summed E-state index contributed by atoms with van der Waals surface area (Å²) < 4.78 is 2.14. The number of nitrogens with one attached hydrogen (secondary N) is 1. The van der Waals surface area contributed by atoms with Gasteiger partial charge in [0.05, 0.1) is 5.69 Å². The van der Waals surface area contributed by atoms with E-state index in [1.54, 1.807) is 11.3 Å². The van der Waals surface area contributed by atoms with Gasteiger partial charge in [-0.1, -0.05) is 6.92 Å². The Morgan fingerprint density at radius 1 is 1.33 bits per heavy atom. The van der Waals surface area contributed by atoms with E-state index in [9.17, 15) is 0 Å². The van der Waals surface area contributed by atoms with Crippen LogP contribution in [0.25, 0.3) is 4.96 Å². The molecule has 0 spiro atoms. The highest BCUT2D eigenvalue weighted by Crippen LogP contribution is 2.29. The predicted octanol–water partition coefficient (Wildman–Crippen LogP) is 3.15. The lowest BCUT2D eigenvalue weighted by Gasteiger charge is -2.05.